The van der Waals surface area contributed by atoms with E-state index in [1.807, 2.05) is 20.8 Å². The third kappa shape index (κ3) is 4.10. The Balaban J connectivity index is 2.82. The first-order chi connectivity index (χ1) is 8.81. The summed E-state index contributed by atoms with van der Waals surface area (Å²) in [6, 6.07) is 1.79. The third-order valence-corrected chi connectivity index (χ3v) is 3.29. The number of aryl methyl sites for hydroxylation is 2. The van der Waals surface area contributed by atoms with Gasteiger partial charge in [0.05, 0.1) is 5.54 Å². The highest BCUT2D eigenvalue weighted by molar-refractivity contribution is 5.92. The molecule has 1 rings (SSSR count). The van der Waals surface area contributed by atoms with Crippen LogP contribution in [0.15, 0.2) is 10.5 Å². The number of nitrogens with two attached hydrogens (primary N) is 1. The highest BCUT2D eigenvalue weighted by Gasteiger charge is 2.27. The van der Waals surface area contributed by atoms with Crippen LogP contribution in [-0.2, 0) is 6.42 Å². The normalized spacial score (nSPS) is 14.5. The fourth-order valence-corrected chi connectivity index (χ4v) is 2.40. The van der Waals surface area contributed by atoms with E-state index >= 15 is 0 Å². The summed E-state index contributed by atoms with van der Waals surface area (Å²) in [6.07, 6.45) is 1.63. The molecule has 1 heterocycles. The average molecular weight is 266 g/mol. The Morgan fingerprint density at radius 1 is 1.53 bits per heavy atom. The second-order valence-electron chi connectivity index (χ2n) is 5.89. The molecule has 0 saturated heterocycles. The monoisotopic (exact) mass is 266 g/mol. The van der Waals surface area contributed by atoms with Crippen LogP contribution < -0.4 is 11.1 Å². The molecule has 4 heteroatoms. The van der Waals surface area contributed by atoms with Gasteiger partial charge in [0.2, 0.25) is 0 Å². The minimum Gasteiger partial charge on any atom is -0.456 e. The molecule has 4 nitrogen and oxygen atoms in total. The first-order valence-corrected chi connectivity index (χ1v) is 6.93. The van der Waals surface area contributed by atoms with Gasteiger partial charge in [-0.1, -0.05) is 20.8 Å². The Labute approximate surface area is 115 Å². The van der Waals surface area contributed by atoms with Gasteiger partial charge in [0.1, 0.15) is 5.76 Å². The molecule has 0 spiro atoms. The number of carbonyl (C=O) groups excluding carboxylic acids is 1. The molecule has 1 aromatic heterocycles. The second-order valence-corrected chi connectivity index (χ2v) is 5.89. The van der Waals surface area contributed by atoms with Gasteiger partial charge in [0.25, 0.3) is 5.91 Å². The first kappa shape index (κ1) is 15.8. The Hall–Kier alpha value is -1.29. The van der Waals surface area contributed by atoms with E-state index < -0.39 is 5.54 Å². The molecule has 0 aromatic carbocycles. The fraction of sp³-hybridized carbons (Fsp3) is 0.667. The van der Waals surface area contributed by atoms with Gasteiger partial charge >= 0.3 is 0 Å². The average Bonchev–Trinajstić information content (AvgIpc) is 2.69. The van der Waals surface area contributed by atoms with Crippen LogP contribution in [0.5, 0.6) is 0 Å². The van der Waals surface area contributed by atoms with Crippen molar-refractivity contribution in [2.24, 2.45) is 11.7 Å². The zero-order chi connectivity index (χ0) is 14.6. The van der Waals surface area contributed by atoms with Gasteiger partial charge in [0.15, 0.2) is 5.76 Å². The van der Waals surface area contributed by atoms with Crippen molar-refractivity contribution >= 4 is 5.91 Å². The van der Waals surface area contributed by atoms with Crippen molar-refractivity contribution in [2.75, 3.05) is 6.54 Å². The lowest BCUT2D eigenvalue weighted by atomic mass is 9.90. The Morgan fingerprint density at radius 3 is 2.58 bits per heavy atom. The maximum absolute atomic E-state index is 12.2. The summed E-state index contributed by atoms with van der Waals surface area (Å²) in [7, 11) is 0. The van der Waals surface area contributed by atoms with E-state index in [-0.39, 0.29) is 5.91 Å². The molecule has 0 saturated carbocycles. The largest absolute Gasteiger partial charge is 0.456 e. The summed E-state index contributed by atoms with van der Waals surface area (Å²) in [4.78, 5) is 12.2. The van der Waals surface area contributed by atoms with Crippen molar-refractivity contribution in [3.63, 3.8) is 0 Å². The van der Waals surface area contributed by atoms with Crippen LogP contribution in [0, 0.1) is 12.8 Å². The molecule has 0 aliphatic heterocycles. The number of rotatable bonds is 6. The molecular formula is C15H26N2O2. The third-order valence-electron chi connectivity index (χ3n) is 3.29. The van der Waals surface area contributed by atoms with Gasteiger partial charge < -0.3 is 15.5 Å². The van der Waals surface area contributed by atoms with E-state index in [9.17, 15) is 4.79 Å². The lowest BCUT2D eigenvalue weighted by Crippen LogP contribution is -2.52. The van der Waals surface area contributed by atoms with Crippen molar-refractivity contribution < 1.29 is 9.21 Å². The molecule has 0 bridgehead atoms. The molecule has 0 aliphatic rings. The molecular weight excluding hydrogens is 240 g/mol. The number of amides is 1. The summed E-state index contributed by atoms with van der Waals surface area (Å²) in [6.45, 7) is 10.6. The zero-order valence-electron chi connectivity index (χ0n) is 12.7. The van der Waals surface area contributed by atoms with E-state index in [1.54, 1.807) is 6.07 Å². The second kappa shape index (κ2) is 6.24. The summed E-state index contributed by atoms with van der Waals surface area (Å²) < 4.78 is 5.57. The summed E-state index contributed by atoms with van der Waals surface area (Å²) in [5, 5.41) is 3.00. The van der Waals surface area contributed by atoms with E-state index in [4.69, 9.17) is 10.2 Å². The maximum Gasteiger partial charge on any atom is 0.287 e. The van der Waals surface area contributed by atoms with Crippen molar-refractivity contribution in [1.29, 1.82) is 0 Å². The maximum atomic E-state index is 12.2. The summed E-state index contributed by atoms with van der Waals surface area (Å²) >= 11 is 0. The highest BCUT2D eigenvalue weighted by Crippen LogP contribution is 2.19. The van der Waals surface area contributed by atoms with Gasteiger partial charge in [0, 0.05) is 13.0 Å². The Kier molecular flexibility index (Phi) is 5.18. The van der Waals surface area contributed by atoms with Crippen LogP contribution >= 0.6 is 0 Å². The Bertz CT molecular complexity index is 437. The molecule has 0 aliphatic carbocycles. The first-order valence-electron chi connectivity index (χ1n) is 6.93. The molecule has 1 amide bonds. The van der Waals surface area contributed by atoms with Crippen LogP contribution in [-0.4, -0.2) is 18.0 Å². The van der Waals surface area contributed by atoms with Gasteiger partial charge in [-0.25, -0.2) is 0 Å². The van der Waals surface area contributed by atoms with E-state index in [0.717, 1.165) is 24.2 Å². The van der Waals surface area contributed by atoms with Crippen LogP contribution in [0.4, 0.5) is 0 Å². The van der Waals surface area contributed by atoms with Crippen LogP contribution in [0.1, 0.15) is 56.0 Å². The number of carbonyl (C=O) groups is 1. The molecule has 1 unspecified atom stereocenters. The number of nitrogens with one attached hydrogen (secondary N) is 1. The van der Waals surface area contributed by atoms with E-state index in [2.05, 4.69) is 19.2 Å². The SMILES string of the molecule is CCc1oc(C(=O)NC(C)(CN)CC(C)C)cc1C. The van der Waals surface area contributed by atoms with E-state index in [1.165, 1.54) is 0 Å². The van der Waals surface area contributed by atoms with Crippen molar-refractivity contribution in [3.05, 3.63) is 23.2 Å². The molecule has 3 N–H and O–H groups in total. The minimum absolute atomic E-state index is 0.184. The van der Waals surface area contributed by atoms with Crippen molar-refractivity contribution in [2.45, 2.75) is 53.0 Å². The zero-order valence-corrected chi connectivity index (χ0v) is 12.7. The molecule has 108 valence electrons. The Morgan fingerprint density at radius 2 is 2.16 bits per heavy atom. The highest BCUT2D eigenvalue weighted by atomic mass is 16.4. The van der Waals surface area contributed by atoms with Crippen molar-refractivity contribution in [1.82, 2.24) is 5.32 Å². The van der Waals surface area contributed by atoms with E-state index in [0.29, 0.717) is 18.2 Å². The van der Waals surface area contributed by atoms with Gasteiger partial charge in [-0.2, -0.15) is 0 Å². The number of hydrogen-bond donors (Lipinski definition) is 2. The van der Waals surface area contributed by atoms with Crippen LogP contribution in [0.2, 0.25) is 0 Å². The van der Waals surface area contributed by atoms with Gasteiger partial charge in [-0.05, 0) is 37.8 Å². The fourth-order valence-electron chi connectivity index (χ4n) is 2.40. The van der Waals surface area contributed by atoms with Gasteiger partial charge in [-0.3, -0.25) is 4.79 Å². The van der Waals surface area contributed by atoms with Crippen LogP contribution in [0.3, 0.4) is 0 Å². The van der Waals surface area contributed by atoms with Gasteiger partial charge in [-0.15, -0.1) is 0 Å². The molecule has 1 aromatic rings. The predicted molar refractivity (Wildman–Crippen MR) is 77.2 cm³/mol. The molecule has 0 fully saturated rings. The quantitative estimate of drug-likeness (QED) is 0.831. The van der Waals surface area contributed by atoms with Crippen molar-refractivity contribution in [3.8, 4) is 0 Å². The topological polar surface area (TPSA) is 68.3 Å². The standard InChI is InChI=1S/C15H26N2O2/c1-6-12-11(4)7-13(19-12)14(18)17-15(5,9-16)8-10(2)3/h7,10H,6,8-9,16H2,1-5H3,(H,17,18). The minimum atomic E-state index is -0.391. The number of hydrogen-bond acceptors (Lipinski definition) is 3. The predicted octanol–water partition coefficient (Wildman–Crippen LogP) is 2.64. The van der Waals surface area contributed by atoms with Crippen LogP contribution in [0.25, 0.3) is 0 Å². The molecule has 1 atom stereocenters. The molecule has 0 radical (unpaired) electrons. The molecule has 19 heavy (non-hydrogen) atoms. The lowest BCUT2D eigenvalue weighted by molar-refractivity contribution is 0.0868. The lowest BCUT2D eigenvalue weighted by Gasteiger charge is -2.30. The summed E-state index contributed by atoms with van der Waals surface area (Å²) in [5.74, 6) is 1.52. The summed E-state index contributed by atoms with van der Waals surface area (Å²) in [5.41, 5.74) is 6.43. The number of furan rings is 1. The smallest absolute Gasteiger partial charge is 0.287 e.